The number of benzene rings is 2. The van der Waals surface area contributed by atoms with Gasteiger partial charge in [0.25, 0.3) is 8.32 Å². The standard InChI is InChI=1S/C20H22OSi/c1-3-10-18(11-4-1)22(19-12-5-2-6-13-19)20-14-8-7-9-17(20)15-16-21-22/h1-7,9-13,17,20H,8,14-16H2/t17-,20+/m0/s1. The Morgan fingerprint density at radius 3 is 2.09 bits per heavy atom. The van der Waals surface area contributed by atoms with Crippen LogP contribution in [0.15, 0.2) is 72.8 Å². The van der Waals surface area contributed by atoms with Crippen LogP contribution in [0.2, 0.25) is 5.54 Å². The Bertz CT molecular complexity index is 610. The van der Waals surface area contributed by atoms with Gasteiger partial charge in [0.05, 0.1) is 0 Å². The van der Waals surface area contributed by atoms with Gasteiger partial charge in [0.15, 0.2) is 0 Å². The highest BCUT2D eigenvalue weighted by molar-refractivity contribution is 6.98. The SMILES string of the molecule is C1=C[C@H]2CCO[Si](c3ccccc3)(c3ccccc3)[C@@H]2CC1. The van der Waals surface area contributed by atoms with Crippen molar-refractivity contribution in [2.45, 2.75) is 24.8 Å². The lowest BCUT2D eigenvalue weighted by atomic mass is 9.92. The van der Waals surface area contributed by atoms with Crippen LogP contribution in [0.4, 0.5) is 0 Å². The van der Waals surface area contributed by atoms with E-state index in [1.807, 2.05) is 0 Å². The van der Waals surface area contributed by atoms with Gasteiger partial charge in [-0.15, -0.1) is 0 Å². The molecule has 1 fully saturated rings. The van der Waals surface area contributed by atoms with E-state index in [4.69, 9.17) is 4.43 Å². The minimum atomic E-state index is -2.15. The predicted molar refractivity (Wildman–Crippen MR) is 94.1 cm³/mol. The molecule has 1 aliphatic carbocycles. The fourth-order valence-electron chi connectivity index (χ4n) is 4.29. The average Bonchev–Trinajstić information content (AvgIpc) is 2.63. The Morgan fingerprint density at radius 1 is 0.818 bits per heavy atom. The zero-order valence-electron chi connectivity index (χ0n) is 12.8. The smallest absolute Gasteiger partial charge is 0.259 e. The first-order chi connectivity index (χ1) is 10.9. The van der Waals surface area contributed by atoms with Crippen molar-refractivity contribution in [2.24, 2.45) is 5.92 Å². The second kappa shape index (κ2) is 5.86. The second-order valence-electron chi connectivity index (χ2n) is 6.38. The zero-order chi connectivity index (χ0) is 14.8. The molecule has 2 heteroatoms. The number of hydrogen-bond donors (Lipinski definition) is 0. The van der Waals surface area contributed by atoms with Crippen LogP contribution >= 0.6 is 0 Å². The first kappa shape index (κ1) is 14.0. The van der Waals surface area contributed by atoms with E-state index in [0.29, 0.717) is 11.5 Å². The molecule has 2 aromatic carbocycles. The Hall–Kier alpha value is -1.64. The van der Waals surface area contributed by atoms with Crippen molar-refractivity contribution in [1.82, 2.24) is 0 Å². The lowest BCUT2D eigenvalue weighted by Crippen LogP contribution is -2.67. The highest BCUT2D eigenvalue weighted by atomic mass is 28.4. The summed E-state index contributed by atoms with van der Waals surface area (Å²) < 4.78 is 6.71. The van der Waals surface area contributed by atoms with Gasteiger partial charge in [-0.3, -0.25) is 0 Å². The van der Waals surface area contributed by atoms with E-state index in [9.17, 15) is 0 Å². The Kier molecular flexibility index (Phi) is 3.73. The highest BCUT2D eigenvalue weighted by Gasteiger charge is 2.51. The van der Waals surface area contributed by atoms with E-state index in [-0.39, 0.29) is 0 Å². The molecule has 22 heavy (non-hydrogen) atoms. The summed E-state index contributed by atoms with van der Waals surface area (Å²) >= 11 is 0. The molecule has 112 valence electrons. The number of fused-ring (bicyclic) bond motifs is 1. The third kappa shape index (κ3) is 2.18. The molecule has 2 atom stereocenters. The first-order valence-corrected chi connectivity index (χ1v) is 10.3. The summed E-state index contributed by atoms with van der Waals surface area (Å²) in [5, 5.41) is 2.87. The molecule has 1 saturated heterocycles. The van der Waals surface area contributed by atoms with E-state index in [2.05, 4.69) is 72.8 Å². The first-order valence-electron chi connectivity index (χ1n) is 8.33. The molecule has 0 radical (unpaired) electrons. The van der Waals surface area contributed by atoms with Crippen LogP contribution in [0, 0.1) is 5.92 Å². The third-order valence-corrected chi connectivity index (χ3v) is 10.1. The Balaban J connectivity index is 1.91. The predicted octanol–water partition coefficient (Wildman–Crippen LogP) is 3.50. The van der Waals surface area contributed by atoms with Crippen molar-refractivity contribution >= 4 is 18.7 Å². The molecule has 0 aromatic heterocycles. The molecular weight excluding hydrogens is 284 g/mol. The van der Waals surface area contributed by atoms with Crippen LogP contribution in [0.1, 0.15) is 19.3 Å². The van der Waals surface area contributed by atoms with Crippen molar-refractivity contribution < 1.29 is 4.43 Å². The van der Waals surface area contributed by atoms with E-state index in [0.717, 1.165) is 6.61 Å². The lowest BCUT2D eigenvalue weighted by molar-refractivity contribution is 0.229. The molecule has 2 aliphatic rings. The summed E-state index contributed by atoms with van der Waals surface area (Å²) in [6.45, 7) is 0.890. The minimum absolute atomic E-state index is 0.663. The summed E-state index contributed by atoms with van der Waals surface area (Å²) in [5.74, 6) is 0.689. The number of rotatable bonds is 2. The van der Waals surface area contributed by atoms with Crippen molar-refractivity contribution in [2.75, 3.05) is 6.61 Å². The van der Waals surface area contributed by atoms with Crippen molar-refractivity contribution in [3.8, 4) is 0 Å². The summed E-state index contributed by atoms with van der Waals surface area (Å²) in [6.07, 6.45) is 8.47. The molecule has 0 saturated carbocycles. The second-order valence-corrected chi connectivity index (χ2v) is 10.0. The number of hydrogen-bond acceptors (Lipinski definition) is 1. The van der Waals surface area contributed by atoms with Gasteiger partial charge in [0.2, 0.25) is 0 Å². The topological polar surface area (TPSA) is 9.23 Å². The van der Waals surface area contributed by atoms with E-state index >= 15 is 0 Å². The quantitative estimate of drug-likeness (QED) is 0.609. The molecule has 1 nitrogen and oxygen atoms in total. The van der Waals surface area contributed by atoms with Gasteiger partial charge < -0.3 is 4.43 Å². The van der Waals surface area contributed by atoms with Crippen LogP contribution in [-0.4, -0.2) is 14.9 Å². The highest BCUT2D eigenvalue weighted by Crippen LogP contribution is 2.43. The van der Waals surface area contributed by atoms with Crippen LogP contribution < -0.4 is 10.4 Å². The van der Waals surface area contributed by atoms with Gasteiger partial charge >= 0.3 is 0 Å². The summed E-state index contributed by atoms with van der Waals surface area (Å²) in [5.41, 5.74) is 0.663. The maximum absolute atomic E-state index is 6.71. The third-order valence-electron chi connectivity index (χ3n) is 5.25. The van der Waals surface area contributed by atoms with Crippen molar-refractivity contribution in [1.29, 1.82) is 0 Å². The largest absolute Gasteiger partial charge is 0.408 e. The molecule has 2 aromatic rings. The molecular formula is C20H22OSi. The molecule has 0 N–H and O–H groups in total. The lowest BCUT2D eigenvalue weighted by Gasteiger charge is -2.47. The van der Waals surface area contributed by atoms with Crippen molar-refractivity contribution in [3.05, 3.63) is 72.8 Å². The molecule has 0 spiro atoms. The van der Waals surface area contributed by atoms with Crippen molar-refractivity contribution in [3.63, 3.8) is 0 Å². The molecule has 0 unspecified atom stereocenters. The Morgan fingerprint density at radius 2 is 1.45 bits per heavy atom. The summed E-state index contributed by atoms with van der Waals surface area (Å²) in [6, 6.07) is 22.0. The average molecular weight is 306 g/mol. The molecule has 1 aliphatic heterocycles. The fraction of sp³-hybridized carbons (Fsp3) is 0.300. The summed E-state index contributed by atoms with van der Waals surface area (Å²) in [7, 11) is -2.15. The fourth-order valence-corrected chi connectivity index (χ4v) is 9.30. The normalized spacial score (nSPS) is 26.4. The van der Waals surface area contributed by atoms with E-state index in [1.165, 1.54) is 29.6 Å². The van der Waals surface area contributed by atoms with Crippen LogP contribution in [0.3, 0.4) is 0 Å². The van der Waals surface area contributed by atoms with Gasteiger partial charge in [-0.05, 0) is 41.1 Å². The van der Waals surface area contributed by atoms with E-state index < -0.39 is 8.32 Å². The van der Waals surface area contributed by atoms with Gasteiger partial charge in [0.1, 0.15) is 0 Å². The van der Waals surface area contributed by atoms with Gasteiger partial charge in [-0.1, -0.05) is 72.8 Å². The van der Waals surface area contributed by atoms with Crippen LogP contribution in [0.5, 0.6) is 0 Å². The summed E-state index contributed by atoms with van der Waals surface area (Å²) in [4.78, 5) is 0. The molecule has 0 amide bonds. The van der Waals surface area contributed by atoms with Crippen LogP contribution in [-0.2, 0) is 4.43 Å². The monoisotopic (exact) mass is 306 g/mol. The van der Waals surface area contributed by atoms with E-state index in [1.54, 1.807) is 0 Å². The van der Waals surface area contributed by atoms with Gasteiger partial charge in [-0.25, -0.2) is 0 Å². The molecule has 0 bridgehead atoms. The Labute approximate surface area is 133 Å². The molecule has 4 rings (SSSR count). The van der Waals surface area contributed by atoms with Crippen LogP contribution in [0.25, 0.3) is 0 Å². The molecule has 1 heterocycles. The maximum atomic E-state index is 6.71. The zero-order valence-corrected chi connectivity index (χ0v) is 13.8. The van der Waals surface area contributed by atoms with Gasteiger partial charge in [-0.2, -0.15) is 0 Å². The van der Waals surface area contributed by atoms with Gasteiger partial charge in [0, 0.05) is 6.61 Å². The minimum Gasteiger partial charge on any atom is -0.408 e. The maximum Gasteiger partial charge on any atom is 0.259 e. The number of allylic oxidation sites excluding steroid dienone is 2.